The minimum atomic E-state index is -3.71. The van der Waals surface area contributed by atoms with Crippen LogP contribution < -0.4 is 11.1 Å². The van der Waals surface area contributed by atoms with Gasteiger partial charge in [0.05, 0.1) is 0 Å². The predicted octanol–water partition coefficient (Wildman–Crippen LogP) is 1.84. The summed E-state index contributed by atoms with van der Waals surface area (Å²) >= 11 is 0. The smallest absolute Gasteiger partial charge is 0.285 e. The van der Waals surface area contributed by atoms with Crippen molar-refractivity contribution in [2.45, 2.75) is 29.8 Å². The van der Waals surface area contributed by atoms with Crippen molar-refractivity contribution in [2.75, 3.05) is 13.1 Å². The molecular weight excluding hydrogens is 412 g/mol. The Hall–Kier alpha value is -2.42. The average Bonchev–Trinajstić information content (AvgIpc) is 3.29. The molecule has 1 amide bonds. The van der Waals surface area contributed by atoms with Crippen molar-refractivity contribution in [3.05, 3.63) is 65.7 Å². The highest BCUT2D eigenvalue weighted by Gasteiger charge is 2.39. The second kappa shape index (κ2) is 8.52. The van der Waals surface area contributed by atoms with Gasteiger partial charge >= 0.3 is 0 Å². The number of nitrogens with zero attached hydrogens (tertiary/aromatic N) is 2. The van der Waals surface area contributed by atoms with Gasteiger partial charge in [-0.15, -0.1) is 16.8 Å². The topological polar surface area (TPSA) is 105 Å². The number of nitrogens with one attached hydrogen (secondary N) is 1. The molecule has 0 spiro atoms. The van der Waals surface area contributed by atoms with Gasteiger partial charge in [0.25, 0.3) is 10.0 Å². The van der Waals surface area contributed by atoms with Gasteiger partial charge in [0.1, 0.15) is 10.9 Å². The normalized spacial score (nSPS) is 20.4. The van der Waals surface area contributed by atoms with Crippen LogP contribution in [-0.2, 0) is 14.8 Å². The number of rotatable bonds is 4. The Morgan fingerprint density at radius 1 is 1.17 bits per heavy atom. The molecule has 1 fully saturated rings. The molecule has 0 saturated carbocycles. The molecule has 0 radical (unpaired) electrons. The highest BCUT2D eigenvalue weighted by molar-refractivity contribution is 7.90. The summed E-state index contributed by atoms with van der Waals surface area (Å²) in [6, 6.07) is 15.6. The number of hydrogen-bond donors (Lipinski definition) is 2. The maximum atomic E-state index is 12.8. The molecule has 9 heteroatoms. The summed E-state index contributed by atoms with van der Waals surface area (Å²) in [6.07, 6.45) is 1.44. The van der Waals surface area contributed by atoms with E-state index in [0.29, 0.717) is 30.9 Å². The Balaban J connectivity index is 0.00000240. The van der Waals surface area contributed by atoms with E-state index < -0.39 is 16.1 Å². The lowest BCUT2D eigenvalue weighted by molar-refractivity contribution is -0.124. The van der Waals surface area contributed by atoms with Gasteiger partial charge in [-0.2, -0.15) is 8.42 Å². The van der Waals surface area contributed by atoms with Gasteiger partial charge in [-0.25, -0.2) is 0 Å². The average molecular weight is 435 g/mol. The molecule has 2 aromatic carbocycles. The molecule has 4 rings (SSSR count). The number of amidine groups is 1. The van der Waals surface area contributed by atoms with E-state index in [1.54, 1.807) is 29.2 Å². The van der Waals surface area contributed by atoms with Gasteiger partial charge in [-0.3, -0.25) is 4.79 Å². The maximum Gasteiger partial charge on any atom is 0.285 e. The summed E-state index contributed by atoms with van der Waals surface area (Å²) in [7, 11) is -3.71. The van der Waals surface area contributed by atoms with Crippen LogP contribution in [0.15, 0.2) is 63.9 Å². The Morgan fingerprint density at radius 2 is 1.86 bits per heavy atom. The molecule has 0 aliphatic carbocycles. The second-order valence-electron chi connectivity index (χ2n) is 7.00. The largest absolute Gasteiger partial charge is 0.352 e. The van der Waals surface area contributed by atoms with Crippen LogP contribution in [0.3, 0.4) is 0 Å². The molecule has 0 aromatic heterocycles. The molecule has 2 aliphatic heterocycles. The number of likely N-dealkylation sites (tertiary alicyclic amines) is 1. The fourth-order valence-electron chi connectivity index (χ4n) is 3.73. The third kappa shape index (κ3) is 4.14. The van der Waals surface area contributed by atoms with Gasteiger partial charge in [-0.05, 0) is 30.5 Å². The monoisotopic (exact) mass is 434 g/mol. The van der Waals surface area contributed by atoms with Crippen LogP contribution in [0.5, 0.6) is 0 Å². The number of sulfonamides is 1. The van der Waals surface area contributed by atoms with Crippen molar-refractivity contribution in [1.29, 1.82) is 0 Å². The number of amides is 1. The van der Waals surface area contributed by atoms with E-state index in [9.17, 15) is 13.2 Å². The minimum absolute atomic E-state index is 0. The van der Waals surface area contributed by atoms with Crippen molar-refractivity contribution in [2.24, 2.45) is 10.1 Å². The number of carbonyl (C=O) groups excluding carboxylic acids is 1. The van der Waals surface area contributed by atoms with Crippen LogP contribution in [0.2, 0.25) is 0 Å². The number of fused-ring (bicyclic) bond motifs is 1. The van der Waals surface area contributed by atoms with E-state index in [1.165, 1.54) is 0 Å². The van der Waals surface area contributed by atoms with Crippen LogP contribution in [0.4, 0.5) is 0 Å². The lowest BCUT2D eigenvalue weighted by Gasteiger charge is -2.26. The van der Waals surface area contributed by atoms with Crippen LogP contribution in [0.1, 0.15) is 30.0 Å². The molecule has 154 valence electrons. The van der Waals surface area contributed by atoms with E-state index in [2.05, 4.69) is 9.71 Å². The molecule has 2 aromatic rings. The Labute approximate surface area is 176 Å². The van der Waals surface area contributed by atoms with E-state index in [0.717, 1.165) is 12.0 Å². The number of benzene rings is 2. The van der Waals surface area contributed by atoms with Crippen molar-refractivity contribution in [1.82, 2.24) is 10.2 Å². The maximum absolute atomic E-state index is 12.8. The molecule has 2 atom stereocenters. The van der Waals surface area contributed by atoms with E-state index >= 15 is 0 Å². The summed E-state index contributed by atoms with van der Waals surface area (Å²) in [5, 5.41) is 2.91. The lowest BCUT2D eigenvalue weighted by atomic mass is 10.1. The van der Waals surface area contributed by atoms with Crippen molar-refractivity contribution < 1.29 is 13.2 Å². The summed E-state index contributed by atoms with van der Waals surface area (Å²) < 4.78 is 28.6. The lowest BCUT2D eigenvalue weighted by Crippen LogP contribution is -2.47. The first-order chi connectivity index (χ1) is 13.5. The predicted molar refractivity (Wildman–Crippen MR) is 114 cm³/mol. The first-order valence-electron chi connectivity index (χ1n) is 9.26. The Kier molecular flexibility index (Phi) is 6.26. The summed E-state index contributed by atoms with van der Waals surface area (Å²) in [5.41, 5.74) is 7.67. The van der Waals surface area contributed by atoms with E-state index in [4.69, 9.17) is 5.73 Å². The number of nitrogens with two attached hydrogens (primary N) is 1. The zero-order chi connectivity index (χ0) is 19.7. The fourth-order valence-corrected chi connectivity index (χ4v) is 4.95. The minimum Gasteiger partial charge on any atom is -0.352 e. The highest BCUT2D eigenvalue weighted by Crippen LogP contribution is 2.31. The van der Waals surface area contributed by atoms with Crippen LogP contribution in [-0.4, -0.2) is 44.2 Å². The number of halogens is 1. The van der Waals surface area contributed by atoms with Crippen molar-refractivity contribution in [3.8, 4) is 0 Å². The van der Waals surface area contributed by atoms with Gasteiger partial charge in [0.2, 0.25) is 5.91 Å². The Morgan fingerprint density at radius 3 is 2.62 bits per heavy atom. The molecule has 3 N–H and O–H groups in total. The number of carbonyl (C=O) groups is 1. The molecule has 2 heterocycles. The quantitative estimate of drug-likeness (QED) is 0.763. The zero-order valence-electron chi connectivity index (χ0n) is 15.7. The number of hydrogen-bond acceptors (Lipinski definition) is 5. The van der Waals surface area contributed by atoms with Gasteiger partial charge < -0.3 is 16.0 Å². The van der Waals surface area contributed by atoms with Crippen molar-refractivity contribution in [3.63, 3.8) is 0 Å². The Bertz CT molecular complexity index is 1030. The van der Waals surface area contributed by atoms with Crippen LogP contribution >= 0.6 is 12.4 Å². The van der Waals surface area contributed by atoms with Crippen LogP contribution in [0.25, 0.3) is 0 Å². The third-order valence-corrected chi connectivity index (χ3v) is 6.49. The molecule has 1 saturated heterocycles. The van der Waals surface area contributed by atoms with Crippen molar-refractivity contribution >= 4 is 34.2 Å². The molecule has 2 aliphatic rings. The van der Waals surface area contributed by atoms with Gasteiger partial charge in [0, 0.05) is 24.7 Å². The molecule has 29 heavy (non-hydrogen) atoms. The first-order valence-corrected chi connectivity index (χ1v) is 10.7. The third-order valence-electron chi connectivity index (χ3n) is 5.16. The second-order valence-corrected chi connectivity index (χ2v) is 8.57. The molecule has 2 unspecified atom stereocenters. The fraction of sp³-hybridized carbons (Fsp3) is 0.300. The van der Waals surface area contributed by atoms with E-state index in [1.807, 2.05) is 30.3 Å². The molecule has 7 nitrogen and oxygen atoms in total. The van der Waals surface area contributed by atoms with Gasteiger partial charge in [0.15, 0.2) is 5.84 Å². The standard InChI is InChI=1S/C20H22N4O3S.ClH/c21-16(14-7-2-1-3-8-14)13-22-20(25)17-10-6-12-24(17)19-15-9-4-5-11-18(15)28(26,27)23-19;/h1-5,7-9,11,16-17H,6,10,12-13,21H2,(H,22,25);1H. The highest BCUT2D eigenvalue weighted by atomic mass is 35.5. The van der Waals surface area contributed by atoms with Crippen LogP contribution in [0, 0.1) is 0 Å². The summed E-state index contributed by atoms with van der Waals surface area (Å²) in [6.45, 7) is 0.903. The molecular formula is C20H23ClN4O3S. The SMILES string of the molecule is Cl.NC(CNC(=O)C1CCCN1C1=NS(=O)(=O)c2ccccc21)c1ccccc1. The molecule has 0 bridgehead atoms. The summed E-state index contributed by atoms with van der Waals surface area (Å²) in [4.78, 5) is 14.8. The first kappa shape index (κ1) is 21.3. The van der Waals surface area contributed by atoms with Gasteiger partial charge in [-0.1, -0.05) is 42.5 Å². The zero-order valence-corrected chi connectivity index (χ0v) is 17.3. The summed E-state index contributed by atoms with van der Waals surface area (Å²) in [5.74, 6) is 0.203. The van der Waals surface area contributed by atoms with E-state index in [-0.39, 0.29) is 29.3 Å².